The Bertz CT molecular complexity index is 462. The van der Waals surface area contributed by atoms with Crippen LogP contribution in [0.5, 0.6) is 5.75 Å². The molecule has 0 spiro atoms. The molecule has 2 N–H and O–H groups in total. The lowest BCUT2D eigenvalue weighted by Crippen LogP contribution is -2.42. The third kappa shape index (κ3) is 7.14. The molecule has 4 heteroatoms. The number of Topliss-reactive ketones (excluding diaryl/α,β-unsaturated/α-hetero) is 1. The molecule has 0 saturated heterocycles. The van der Waals surface area contributed by atoms with Crippen LogP contribution in [0, 0.1) is 5.92 Å². The van der Waals surface area contributed by atoms with E-state index < -0.39 is 0 Å². The van der Waals surface area contributed by atoms with E-state index in [9.17, 15) is 4.79 Å². The smallest absolute Gasteiger partial charge is 0.146 e. The first-order valence-electron chi connectivity index (χ1n) is 8.69. The van der Waals surface area contributed by atoms with Crippen LogP contribution in [0.3, 0.4) is 0 Å². The number of para-hydroxylation sites is 1. The highest BCUT2D eigenvalue weighted by molar-refractivity contribution is 5.81. The average molecular weight is 320 g/mol. The Hall–Kier alpha value is -1.39. The number of carbonyl (C=O) groups excluding carboxylic acids is 1. The van der Waals surface area contributed by atoms with E-state index >= 15 is 0 Å². The normalized spacial score (nSPS) is 13.6. The molecule has 0 amide bonds. The summed E-state index contributed by atoms with van der Waals surface area (Å²) in [4.78, 5) is 11.7. The SMILES string of the molecule is CCC(C)[C@H](NCCOc1ccccc1CCCNC)C(C)=O. The molecule has 0 aromatic heterocycles. The first-order chi connectivity index (χ1) is 11.1. The van der Waals surface area contributed by atoms with E-state index in [0.29, 0.717) is 19.1 Å². The molecule has 0 aliphatic heterocycles. The minimum atomic E-state index is -0.0746. The molecule has 0 bridgehead atoms. The summed E-state index contributed by atoms with van der Waals surface area (Å²) >= 11 is 0. The van der Waals surface area contributed by atoms with Gasteiger partial charge in [0.05, 0.1) is 6.04 Å². The van der Waals surface area contributed by atoms with Crippen molar-refractivity contribution in [3.8, 4) is 5.75 Å². The number of ether oxygens (including phenoxy) is 1. The lowest BCUT2D eigenvalue weighted by atomic mass is 9.96. The van der Waals surface area contributed by atoms with Crippen molar-refractivity contribution in [1.29, 1.82) is 0 Å². The Morgan fingerprint density at radius 1 is 1.26 bits per heavy atom. The number of ketones is 1. The second-order valence-corrected chi connectivity index (χ2v) is 6.09. The molecule has 1 rings (SSSR count). The molecule has 1 unspecified atom stereocenters. The molecule has 1 aromatic rings. The van der Waals surface area contributed by atoms with E-state index in [-0.39, 0.29) is 11.8 Å². The van der Waals surface area contributed by atoms with Gasteiger partial charge in [-0.2, -0.15) is 0 Å². The minimum Gasteiger partial charge on any atom is -0.492 e. The van der Waals surface area contributed by atoms with Gasteiger partial charge in [0.1, 0.15) is 18.1 Å². The van der Waals surface area contributed by atoms with E-state index in [0.717, 1.165) is 31.6 Å². The van der Waals surface area contributed by atoms with Crippen LogP contribution < -0.4 is 15.4 Å². The third-order valence-electron chi connectivity index (χ3n) is 4.22. The highest BCUT2D eigenvalue weighted by atomic mass is 16.5. The predicted octanol–water partition coefficient (Wildman–Crippen LogP) is 2.81. The van der Waals surface area contributed by atoms with Crippen LogP contribution in [0.25, 0.3) is 0 Å². The molecule has 1 aromatic carbocycles. The summed E-state index contributed by atoms with van der Waals surface area (Å²) in [6.07, 6.45) is 3.09. The molecule has 23 heavy (non-hydrogen) atoms. The number of aryl methyl sites for hydroxylation is 1. The molecular weight excluding hydrogens is 288 g/mol. The van der Waals surface area contributed by atoms with E-state index in [1.165, 1.54) is 5.56 Å². The van der Waals surface area contributed by atoms with Gasteiger partial charge in [0.25, 0.3) is 0 Å². The van der Waals surface area contributed by atoms with Crippen LogP contribution in [0.2, 0.25) is 0 Å². The van der Waals surface area contributed by atoms with E-state index in [2.05, 4.69) is 36.6 Å². The monoisotopic (exact) mass is 320 g/mol. The van der Waals surface area contributed by atoms with Gasteiger partial charge in [0, 0.05) is 6.54 Å². The van der Waals surface area contributed by atoms with Gasteiger partial charge in [0.15, 0.2) is 0 Å². The van der Waals surface area contributed by atoms with Gasteiger partial charge >= 0.3 is 0 Å². The second kappa shape index (κ2) is 11.2. The third-order valence-corrected chi connectivity index (χ3v) is 4.22. The van der Waals surface area contributed by atoms with Crippen LogP contribution >= 0.6 is 0 Å². The zero-order chi connectivity index (χ0) is 17.1. The summed E-state index contributed by atoms with van der Waals surface area (Å²) in [5.74, 6) is 1.50. The van der Waals surface area contributed by atoms with Crippen molar-refractivity contribution in [2.75, 3.05) is 26.7 Å². The Labute approximate surface area is 141 Å². The van der Waals surface area contributed by atoms with Gasteiger partial charge in [-0.15, -0.1) is 0 Å². The van der Waals surface area contributed by atoms with Crippen LogP contribution in [-0.2, 0) is 11.2 Å². The molecule has 0 aliphatic carbocycles. The van der Waals surface area contributed by atoms with Crippen molar-refractivity contribution in [3.05, 3.63) is 29.8 Å². The Kier molecular flexibility index (Phi) is 9.57. The van der Waals surface area contributed by atoms with Gasteiger partial charge in [-0.05, 0) is 50.9 Å². The first-order valence-corrected chi connectivity index (χ1v) is 8.69. The van der Waals surface area contributed by atoms with Gasteiger partial charge in [-0.25, -0.2) is 0 Å². The molecule has 130 valence electrons. The number of nitrogens with one attached hydrogen (secondary N) is 2. The average Bonchev–Trinajstić information content (AvgIpc) is 2.55. The number of hydrogen-bond donors (Lipinski definition) is 2. The van der Waals surface area contributed by atoms with E-state index in [1.807, 2.05) is 19.2 Å². The fourth-order valence-electron chi connectivity index (χ4n) is 2.66. The summed E-state index contributed by atoms with van der Waals surface area (Å²) in [7, 11) is 1.97. The van der Waals surface area contributed by atoms with Crippen molar-refractivity contribution < 1.29 is 9.53 Å². The Morgan fingerprint density at radius 3 is 2.65 bits per heavy atom. The molecule has 0 heterocycles. The van der Waals surface area contributed by atoms with Crippen molar-refractivity contribution in [2.45, 2.75) is 46.1 Å². The summed E-state index contributed by atoms with van der Waals surface area (Å²) in [6.45, 7) is 8.13. The summed E-state index contributed by atoms with van der Waals surface area (Å²) < 4.78 is 5.92. The molecule has 2 atom stereocenters. The van der Waals surface area contributed by atoms with Gasteiger partial charge in [0.2, 0.25) is 0 Å². The molecular formula is C19H32N2O2. The fraction of sp³-hybridized carbons (Fsp3) is 0.632. The second-order valence-electron chi connectivity index (χ2n) is 6.09. The summed E-state index contributed by atoms with van der Waals surface area (Å²) in [5.41, 5.74) is 1.24. The van der Waals surface area contributed by atoms with Gasteiger partial charge in [-0.1, -0.05) is 38.5 Å². The Morgan fingerprint density at radius 2 is 2.00 bits per heavy atom. The fourth-order valence-corrected chi connectivity index (χ4v) is 2.66. The van der Waals surface area contributed by atoms with Gasteiger partial charge in [-0.3, -0.25) is 4.79 Å². The van der Waals surface area contributed by atoms with Gasteiger partial charge < -0.3 is 15.4 Å². The maximum atomic E-state index is 11.7. The highest BCUT2D eigenvalue weighted by Crippen LogP contribution is 2.19. The van der Waals surface area contributed by atoms with Crippen molar-refractivity contribution in [1.82, 2.24) is 10.6 Å². The van der Waals surface area contributed by atoms with Crippen molar-refractivity contribution in [2.24, 2.45) is 5.92 Å². The zero-order valence-corrected chi connectivity index (χ0v) is 15.0. The number of rotatable bonds is 12. The van der Waals surface area contributed by atoms with E-state index in [4.69, 9.17) is 4.74 Å². The maximum absolute atomic E-state index is 11.7. The van der Waals surface area contributed by atoms with Crippen molar-refractivity contribution >= 4 is 5.78 Å². The first kappa shape index (κ1) is 19.7. The highest BCUT2D eigenvalue weighted by Gasteiger charge is 2.19. The minimum absolute atomic E-state index is 0.0746. The molecule has 0 aliphatic rings. The lowest BCUT2D eigenvalue weighted by Gasteiger charge is -2.22. The number of carbonyl (C=O) groups is 1. The molecule has 4 nitrogen and oxygen atoms in total. The topological polar surface area (TPSA) is 50.4 Å². The quantitative estimate of drug-likeness (QED) is 0.582. The molecule has 0 fully saturated rings. The largest absolute Gasteiger partial charge is 0.492 e. The van der Waals surface area contributed by atoms with Crippen LogP contribution in [-0.4, -0.2) is 38.6 Å². The zero-order valence-electron chi connectivity index (χ0n) is 15.0. The van der Waals surface area contributed by atoms with Crippen molar-refractivity contribution in [3.63, 3.8) is 0 Å². The van der Waals surface area contributed by atoms with Crippen LogP contribution in [0.1, 0.15) is 39.2 Å². The number of benzene rings is 1. The Balaban J connectivity index is 2.44. The maximum Gasteiger partial charge on any atom is 0.146 e. The lowest BCUT2D eigenvalue weighted by molar-refractivity contribution is -0.120. The summed E-state index contributed by atoms with van der Waals surface area (Å²) in [6, 6.07) is 8.12. The predicted molar refractivity (Wildman–Crippen MR) is 96.1 cm³/mol. The summed E-state index contributed by atoms with van der Waals surface area (Å²) in [5, 5.41) is 6.49. The molecule has 0 saturated carbocycles. The standard InChI is InChI=1S/C19H32N2O2/c1-5-15(2)19(16(3)22)21-13-14-23-18-11-7-6-9-17(18)10-8-12-20-4/h6-7,9,11,15,19-21H,5,8,10,12-14H2,1-4H3/t15?,19-/m0/s1. The number of hydrogen-bond acceptors (Lipinski definition) is 4. The van der Waals surface area contributed by atoms with Crippen LogP contribution in [0.15, 0.2) is 24.3 Å². The van der Waals surface area contributed by atoms with Crippen LogP contribution in [0.4, 0.5) is 0 Å². The van der Waals surface area contributed by atoms with E-state index in [1.54, 1.807) is 6.92 Å². The molecule has 0 radical (unpaired) electrons.